The molecule has 2 aromatic carbocycles. The summed E-state index contributed by atoms with van der Waals surface area (Å²) in [7, 11) is 0.940. The quantitative estimate of drug-likeness (QED) is 0.868. The van der Waals surface area contributed by atoms with Gasteiger partial charge in [-0.25, -0.2) is 13.2 Å². The van der Waals surface area contributed by atoms with Crippen molar-refractivity contribution in [2.75, 3.05) is 31.2 Å². The molecule has 0 saturated heterocycles. The van der Waals surface area contributed by atoms with Gasteiger partial charge in [0.25, 0.3) is 10.0 Å². The van der Waals surface area contributed by atoms with Crippen molar-refractivity contribution in [3.8, 4) is 5.75 Å². The summed E-state index contributed by atoms with van der Waals surface area (Å²) in [6, 6.07) is 12.3. The number of anilines is 2. The number of sulfonamides is 1. The number of ether oxygens (including phenoxy) is 1. The SMILES string of the molecule is COc1ccccc1NS(=O)(=O)c1ccc(NC(=O)N(C)C)cc1. The van der Waals surface area contributed by atoms with E-state index in [1.54, 1.807) is 38.4 Å². The number of benzene rings is 2. The minimum atomic E-state index is -3.76. The van der Waals surface area contributed by atoms with Gasteiger partial charge in [0.2, 0.25) is 0 Å². The molecule has 0 heterocycles. The van der Waals surface area contributed by atoms with Crippen LogP contribution in [0.15, 0.2) is 53.4 Å². The van der Waals surface area contributed by atoms with Crippen molar-refractivity contribution in [3.05, 3.63) is 48.5 Å². The average Bonchev–Trinajstić information content (AvgIpc) is 2.55. The number of hydrogen-bond acceptors (Lipinski definition) is 4. The molecule has 24 heavy (non-hydrogen) atoms. The van der Waals surface area contributed by atoms with Crippen molar-refractivity contribution in [1.82, 2.24) is 4.90 Å². The van der Waals surface area contributed by atoms with Crippen molar-refractivity contribution in [2.45, 2.75) is 4.90 Å². The van der Waals surface area contributed by atoms with Gasteiger partial charge in [0, 0.05) is 19.8 Å². The highest BCUT2D eigenvalue weighted by Crippen LogP contribution is 2.26. The summed E-state index contributed by atoms with van der Waals surface area (Å²) in [5.74, 6) is 0.427. The lowest BCUT2D eigenvalue weighted by Gasteiger charge is -2.13. The van der Waals surface area contributed by atoms with Crippen molar-refractivity contribution >= 4 is 27.4 Å². The zero-order valence-electron chi connectivity index (χ0n) is 13.6. The van der Waals surface area contributed by atoms with Gasteiger partial charge in [-0.3, -0.25) is 4.72 Å². The number of rotatable bonds is 5. The molecule has 0 spiro atoms. The van der Waals surface area contributed by atoms with Crippen LogP contribution in [-0.2, 0) is 10.0 Å². The first-order chi connectivity index (χ1) is 11.3. The molecular formula is C16H19N3O4S. The number of urea groups is 1. The number of carbonyl (C=O) groups is 1. The second-order valence-electron chi connectivity index (χ2n) is 5.15. The molecular weight excluding hydrogens is 330 g/mol. The maximum Gasteiger partial charge on any atom is 0.321 e. The highest BCUT2D eigenvalue weighted by Gasteiger charge is 2.16. The third kappa shape index (κ3) is 4.17. The summed E-state index contributed by atoms with van der Waals surface area (Å²) in [4.78, 5) is 13.0. The topological polar surface area (TPSA) is 87.7 Å². The maximum absolute atomic E-state index is 12.4. The van der Waals surface area contributed by atoms with Crippen molar-refractivity contribution in [3.63, 3.8) is 0 Å². The van der Waals surface area contributed by atoms with Gasteiger partial charge < -0.3 is 15.0 Å². The number of hydrogen-bond donors (Lipinski definition) is 2. The largest absolute Gasteiger partial charge is 0.495 e. The molecule has 8 heteroatoms. The Hall–Kier alpha value is -2.74. The molecule has 0 aliphatic heterocycles. The van der Waals surface area contributed by atoms with Gasteiger partial charge in [0.1, 0.15) is 5.75 Å². The van der Waals surface area contributed by atoms with E-state index < -0.39 is 10.0 Å². The maximum atomic E-state index is 12.4. The fraction of sp³-hybridized carbons (Fsp3) is 0.188. The summed E-state index contributed by atoms with van der Waals surface area (Å²) in [5, 5.41) is 2.64. The molecule has 2 rings (SSSR count). The Labute approximate surface area is 141 Å². The summed E-state index contributed by atoms with van der Waals surface area (Å²) < 4.78 is 32.5. The fourth-order valence-corrected chi connectivity index (χ4v) is 2.96. The van der Waals surface area contributed by atoms with E-state index in [0.717, 1.165) is 0 Å². The van der Waals surface area contributed by atoms with E-state index in [0.29, 0.717) is 17.1 Å². The van der Waals surface area contributed by atoms with Gasteiger partial charge in [-0.2, -0.15) is 0 Å². The van der Waals surface area contributed by atoms with Crippen molar-refractivity contribution in [2.24, 2.45) is 0 Å². The van der Waals surface area contributed by atoms with E-state index in [4.69, 9.17) is 4.74 Å². The Morgan fingerprint density at radius 1 is 1.04 bits per heavy atom. The number of amides is 2. The first kappa shape index (κ1) is 17.6. The molecule has 2 amide bonds. The predicted octanol–water partition coefficient (Wildman–Crippen LogP) is 2.59. The van der Waals surface area contributed by atoms with Crippen molar-refractivity contribution < 1.29 is 17.9 Å². The highest BCUT2D eigenvalue weighted by atomic mass is 32.2. The Bertz CT molecular complexity index is 817. The fourth-order valence-electron chi connectivity index (χ4n) is 1.89. The van der Waals surface area contributed by atoms with Crippen LogP contribution in [-0.4, -0.2) is 40.6 Å². The van der Waals surface area contributed by atoms with Crippen LogP contribution in [0.25, 0.3) is 0 Å². The molecule has 0 atom stereocenters. The monoisotopic (exact) mass is 349 g/mol. The molecule has 0 unspecified atom stereocenters. The zero-order chi connectivity index (χ0) is 17.7. The van der Waals surface area contributed by atoms with Gasteiger partial charge in [0.05, 0.1) is 17.7 Å². The standard InChI is InChI=1S/C16H19N3O4S/c1-19(2)16(20)17-12-8-10-13(11-9-12)24(21,22)18-14-6-4-5-7-15(14)23-3/h4-11,18H,1-3H3,(H,17,20). The van der Waals surface area contributed by atoms with Crippen LogP contribution >= 0.6 is 0 Å². The summed E-state index contributed by atoms with van der Waals surface area (Å²) in [6.07, 6.45) is 0. The van der Waals surface area contributed by atoms with E-state index in [-0.39, 0.29) is 10.9 Å². The molecule has 2 N–H and O–H groups in total. The molecule has 0 fully saturated rings. The summed E-state index contributed by atoms with van der Waals surface area (Å²) in [6.45, 7) is 0. The minimum Gasteiger partial charge on any atom is -0.495 e. The third-order valence-electron chi connectivity index (χ3n) is 3.17. The third-order valence-corrected chi connectivity index (χ3v) is 4.55. The zero-order valence-corrected chi connectivity index (χ0v) is 14.4. The molecule has 0 radical (unpaired) electrons. The van der Waals surface area contributed by atoms with Crippen LogP contribution in [0.2, 0.25) is 0 Å². The molecule has 2 aromatic rings. The Morgan fingerprint density at radius 2 is 1.67 bits per heavy atom. The van der Waals surface area contributed by atoms with E-state index >= 15 is 0 Å². The van der Waals surface area contributed by atoms with Crippen LogP contribution in [0, 0.1) is 0 Å². The van der Waals surface area contributed by atoms with Crippen LogP contribution in [0.5, 0.6) is 5.75 Å². The second-order valence-corrected chi connectivity index (χ2v) is 6.84. The van der Waals surface area contributed by atoms with Gasteiger partial charge in [-0.15, -0.1) is 0 Å². The predicted molar refractivity (Wildman–Crippen MR) is 93.0 cm³/mol. The van der Waals surface area contributed by atoms with E-state index in [2.05, 4.69) is 10.0 Å². The van der Waals surface area contributed by atoms with Gasteiger partial charge >= 0.3 is 6.03 Å². The molecule has 7 nitrogen and oxygen atoms in total. The van der Waals surface area contributed by atoms with Crippen LogP contribution in [0.3, 0.4) is 0 Å². The van der Waals surface area contributed by atoms with Gasteiger partial charge in [0.15, 0.2) is 0 Å². The first-order valence-corrected chi connectivity index (χ1v) is 8.56. The lowest BCUT2D eigenvalue weighted by molar-refractivity contribution is 0.230. The Balaban J connectivity index is 2.19. The lowest BCUT2D eigenvalue weighted by atomic mass is 10.3. The van der Waals surface area contributed by atoms with Crippen molar-refractivity contribution in [1.29, 1.82) is 0 Å². The van der Waals surface area contributed by atoms with E-state index in [1.165, 1.54) is 36.3 Å². The lowest BCUT2D eigenvalue weighted by Crippen LogP contribution is -2.27. The highest BCUT2D eigenvalue weighted by molar-refractivity contribution is 7.92. The average molecular weight is 349 g/mol. The van der Waals surface area contributed by atoms with E-state index in [9.17, 15) is 13.2 Å². The summed E-state index contributed by atoms with van der Waals surface area (Å²) in [5.41, 5.74) is 0.856. The van der Waals surface area contributed by atoms with Crippen LogP contribution in [0.1, 0.15) is 0 Å². The number of para-hydroxylation sites is 2. The van der Waals surface area contributed by atoms with Crippen LogP contribution < -0.4 is 14.8 Å². The normalized spacial score (nSPS) is 10.8. The number of methoxy groups -OCH3 is 1. The van der Waals surface area contributed by atoms with Gasteiger partial charge in [-0.1, -0.05) is 12.1 Å². The number of nitrogens with zero attached hydrogens (tertiary/aromatic N) is 1. The van der Waals surface area contributed by atoms with E-state index in [1.807, 2.05) is 0 Å². The minimum absolute atomic E-state index is 0.0799. The number of carbonyl (C=O) groups excluding carboxylic acids is 1. The van der Waals surface area contributed by atoms with Gasteiger partial charge in [-0.05, 0) is 36.4 Å². The molecule has 0 bridgehead atoms. The molecule has 0 saturated carbocycles. The smallest absolute Gasteiger partial charge is 0.321 e. The Morgan fingerprint density at radius 3 is 2.25 bits per heavy atom. The Kier molecular flexibility index (Phi) is 5.30. The molecule has 0 aliphatic rings. The first-order valence-electron chi connectivity index (χ1n) is 7.07. The second kappa shape index (κ2) is 7.22. The molecule has 0 aliphatic carbocycles. The summed E-state index contributed by atoms with van der Waals surface area (Å²) >= 11 is 0. The molecule has 0 aromatic heterocycles. The molecule has 128 valence electrons. The van der Waals surface area contributed by atoms with Crippen LogP contribution in [0.4, 0.5) is 16.2 Å². The number of nitrogens with one attached hydrogen (secondary N) is 2.